The van der Waals surface area contributed by atoms with E-state index in [1.165, 1.54) is 6.07 Å². The van der Waals surface area contributed by atoms with Gasteiger partial charge in [-0.05, 0) is 42.9 Å². The van der Waals surface area contributed by atoms with Crippen LogP contribution in [0.5, 0.6) is 0 Å². The summed E-state index contributed by atoms with van der Waals surface area (Å²) >= 11 is 0. The monoisotopic (exact) mass is 286 g/mol. The van der Waals surface area contributed by atoms with E-state index < -0.39 is 15.8 Å². The summed E-state index contributed by atoms with van der Waals surface area (Å²) in [5, 5.41) is 0. The Bertz CT molecular complexity index is 584. The maximum Gasteiger partial charge on any atom is 0.243 e. The van der Waals surface area contributed by atoms with Crippen molar-refractivity contribution in [3.05, 3.63) is 24.0 Å². The summed E-state index contributed by atoms with van der Waals surface area (Å²) in [6.45, 7) is 4.20. The van der Waals surface area contributed by atoms with Crippen LogP contribution in [0.4, 0.5) is 10.1 Å². The van der Waals surface area contributed by atoms with Crippen molar-refractivity contribution in [3.8, 4) is 0 Å². The summed E-state index contributed by atoms with van der Waals surface area (Å²) < 4.78 is 40.5. The molecule has 0 bridgehead atoms. The fraction of sp³-hybridized carbons (Fsp3) is 0.538. The van der Waals surface area contributed by atoms with Crippen LogP contribution in [0.15, 0.2) is 23.1 Å². The molecule has 0 aliphatic heterocycles. The van der Waals surface area contributed by atoms with E-state index in [4.69, 9.17) is 5.73 Å². The fourth-order valence-corrected chi connectivity index (χ4v) is 3.93. The lowest BCUT2D eigenvalue weighted by atomic mass is 9.92. The molecule has 19 heavy (non-hydrogen) atoms. The maximum atomic E-state index is 13.6. The Morgan fingerprint density at radius 2 is 2.11 bits per heavy atom. The third-order valence-corrected chi connectivity index (χ3v) is 5.07. The van der Waals surface area contributed by atoms with Gasteiger partial charge >= 0.3 is 0 Å². The third-order valence-electron chi connectivity index (χ3n) is 3.54. The van der Waals surface area contributed by atoms with Gasteiger partial charge in [-0.3, -0.25) is 0 Å². The molecule has 1 aliphatic carbocycles. The van der Waals surface area contributed by atoms with Gasteiger partial charge in [0.25, 0.3) is 0 Å². The lowest BCUT2D eigenvalue weighted by Gasteiger charge is -2.18. The van der Waals surface area contributed by atoms with Gasteiger partial charge in [-0.2, -0.15) is 0 Å². The first-order chi connectivity index (χ1) is 8.70. The Hall–Kier alpha value is -1.14. The Kier molecular flexibility index (Phi) is 3.57. The number of anilines is 1. The van der Waals surface area contributed by atoms with E-state index in [0.717, 1.165) is 31.4 Å². The van der Waals surface area contributed by atoms with Crippen molar-refractivity contribution >= 4 is 15.7 Å². The predicted molar refractivity (Wildman–Crippen MR) is 72.6 cm³/mol. The topological polar surface area (TPSA) is 72.2 Å². The lowest BCUT2D eigenvalue weighted by Crippen LogP contribution is -2.34. The highest BCUT2D eigenvalue weighted by atomic mass is 32.2. The van der Waals surface area contributed by atoms with Crippen LogP contribution in [-0.4, -0.2) is 14.5 Å². The van der Waals surface area contributed by atoms with Gasteiger partial charge in [0.1, 0.15) is 10.7 Å². The molecule has 0 saturated heterocycles. The van der Waals surface area contributed by atoms with E-state index in [1.807, 2.05) is 0 Å². The fourth-order valence-electron chi connectivity index (χ4n) is 2.55. The summed E-state index contributed by atoms with van der Waals surface area (Å²) in [4.78, 5) is -0.378. The molecule has 2 rings (SSSR count). The molecule has 1 aliphatic rings. The van der Waals surface area contributed by atoms with Gasteiger partial charge in [0, 0.05) is 11.7 Å². The molecule has 1 fully saturated rings. The summed E-state index contributed by atoms with van der Waals surface area (Å²) in [7, 11) is -3.85. The van der Waals surface area contributed by atoms with Crippen molar-refractivity contribution < 1.29 is 12.8 Å². The Labute approximate surface area is 113 Å². The number of nitrogens with two attached hydrogens (primary N) is 1. The highest BCUT2D eigenvalue weighted by molar-refractivity contribution is 7.89. The highest BCUT2D eigenvalue weighted by Gasteiger charge is 2.34. The Balaban J connectivity index is 2.22. The first kappa shape index (κ1) is 14.3. The second kappa shape index (κ2) is 4.76. The molecule has 1 saturated carbocycles. The zero-order chi connectivity index (χ0) is 14.3. The van der Waals surface area contributed by atoms with Crippen molar-refractivity contribution in [1.29, 1.82) is 0 Å². The molecule has 6 heteroatoms. The van der Waals surface area contributed by atoms with E-state index in [2.05, 4.69) is 18.6 Å². The molecular weight excluding hydrogens is 267 g/mol. The number of rotatable bonds is 3. The second-order valence-electron chi connectivity index (χ2n) is 5.92. The highest BCUT2D eigenvalue weighted by Crippen LogP contribution is 2.37. The van der Waals surface area contributed by atoms with Gasteiger partial charge in [-0.15, -0.1) is 0 Å². The molecule has 1 aromatic rings. The second-order valence-corrected chi connectivity index (χ2v) is 7.60. The zero-order valence-corrected chi connectivity index (χ0v) is 11.9. The maximum absolute atomic E-state index is 13.6. The first-order valence-corrected chi connectivity index (χ1v) is 7.75. The third kappa shape index (κ3) is 3.25. The van der Waals surface area contributed by atoms with Gasteiger partial charge in [-0.1, -0.05) is 13.8 Å². The molecule has 0 heterocycles. The van der Waals surface area contributed by atoms with E-state index in [-0.39, 0.29) is 22.0 Å². The Morgan fingerprint density at radius 1 is 1.42 bits per heavy atom. The van der Waals surface area contributed by atoms with Crippen LogP contribution in [0.2, 0.25) is 0 Å². The van der Waals surface area contributed by atoms with Crippen molar-refractivity contribution in [2.24, 2.45) is 5.41 Å². The zero-order valence-electron chi connectivity index (χ0n) is 11.1. The molecule has 0 aromatic heterocycles. The van der Waals surface area contributed by atoms with Gasteiger partial charge in [0.15, 0.2) is 0 Å². The lowest BCUT2D eigenvalue weighted by molar-refractivity contribution is 0.372. The number of nitrogen functional groups attached to an aromatic ring is 1. The number of hydrogen-bond acceptors (Lipinski definition) is 3. The molecule has 3 N–H and O–H groups in total. The number of hydrogen-bond donors (Lipinski definition) is 2. The average molecular weight is 286 g/mol. The number of nitrogens with one attached hydrogen (secondary N) is 1. The summed E-state index contributed by atoms with van der Waals surface area (Å²) in [6, 6.07) is 3.42. The molecular formula is C13H19FN2O2S. The Morgan fingerprint density at radius 3 is 2.68 bits per heavy atom. The molecule has 1 aromatic carbocycles. The SMILES string of the molecule is CC1(C)CCC(NS(=O)(=O)c2cc(N)ccc2F)C1. The minimum Gasteiger partial charge on any atom is -0.399 e. The van der Waals surface area contributed by atoms with Crippen molar-refractivity contribution in [3.63, 3.8) is 0 Å². The molecule has 1 atom stereocenters. The minimum atomic E-state index is -3.85. The molecule has 0 amide bonds. The van der Waals surface area contributed by atoms with Crippen LogP contribution in [0.25, 0.3) is 0 Å². The van der Waals surface area contributed by atoms with Crippen LogP contribution in [0, 0.1) is 11.2 Å². The largest absolute Gasteiger partial charge is 0.399 e. The molecule has 0 radical (unpaired) electrons. The van der Waals surface area contributed by atoms with Gasteiger partial charge in [-0.25, -0.2) is 17.5 Å². The number of sulfonamides is 1. The summed E-state index contributed by atoms with van der Waals surface area (Å²) in [6.07, 6.45) is 2.49. The van der Waals surface area contributed by atoms with Crippen LogP contribution < -0.4 is 10.5 Å². The summed E-state index contributed by atoms with van der Waals surface area (Å²) in [5.74, 6) is -0.779. The average Bonchev–Trinajstić information content (AvgIpc) is 2.60. The van der Waals surface area contributed by atoms with Crippen molar-refractivity contribution in [1.82, 2.24) is 4.72 Å². The number of benzene rings is 1. The number of halogens is 1. The smallest absolute Gasteiger partial charge is 0.243 e. The van der Waals surface area contributed by atoms with E-state index in [1.54, 1.807) is 0 Å². The predicted octanol–water partition coefficient (Wildman–Crippen LogP) is 2.26. The molecule has 1 unspecified atom stereocenters. The van der Waals surface area contributed by atoms with E-state index in [0.29, 0.717) is 0 Å². The van der Waals surface area contributed by atoms with E-state index >= 15 is 0 Å². The van der Waals surface area contributed by atoms with E-state index in [9.17, 15) is 12.8 Å². The van der Waals surface area contributed by atoms with Gasteiger partial charge < -0.3 is 5.73 Å². The van der Waals surface area contributed by atoms with Crippen LogP contribution in [0.1, 0.15) is 33.1 Å². The van der Waals surface area contributed by atoms with Crippen LogP contribution >= 0.6 is 0 Å². The normalized spacial score (nSPS) is 22.6. The first-order valence-electron chi connectivity index (χ1n) is 6.27. The molecule has 0 spiro atoms. The minimum absolute atomic E-state index is 0.126. The van der Waals surface area contributed by atoms with Gasteiger partial charge in [0.05, 0.1) is 0 Å². The standard InChI is InChI=1S/C13H19FN2O2S/c1-13(2)6-5-10(8-13)16-19(17,18)12-7-9(15)3-4-11(12)14/h3-4,7,10,16H,5-6,8,15H2,1-2H3. The van der Waals surface area contributed by atoms with Crippen molar-refractivity contribution in [2.45, 2.75) is 44.0 Å². The van der Waals surface area contributed by atoms with Crippen LogP contribution in [-0.2, 0) is 10.0 Å². The quantitative estimate of drug-likeness (QED) is 0.837. The summed E-state index contributed by atoms with van der Waals surface area (Å²) in [5.41, 5.74) is 5.87. The molecule has 4 nitrogen and oxygen atoms in total. The van der Waals surface area contributed by atoms with Gasteiger partial charge in [0.2, 0.25) is 10.0 Å². The van der Waals surface area contributed by atoms with Crippen molar-refractivity contribution in [2.75, 3.05) is 5.73 Å². The molecule has 106 valence electrons. The van der Waals surface area contributed by atoms with Crippen LogP contribution in [0.3, 0.4) is 0 Å².